The van der Waals surface area contributed by atoms with E-state index in [1.54, 1.807) is 36.4 Å². The van der Waals surface area contributed by atoms with Gasteiger partial charge >= 0.3 is 0 Å². The highest BCUT2D eigenvalue weighted by atomic mass is 16.5. The van der Waals surface area contributed by atoms with Crippen molar-refractivity contribution in [2.45, 2.75) is 6.54 Å². The van der Waals surface area contributed by atoms with Gasteiger partial charge in [0, 0.05) is 18.3 Å². The SMILES string of the molecule is COc1ccc2nc(C(N)=O)cn2c1C(=O)NCc1ccc(C(N)=O)cc1. The van der Waals surface area contributed by atoms with Crippen molar-refractivity contribution in [1.82, 2.24) is 14.7 Å². The van der Waals surface area contributed by atoms with Crippen LogP contribution in [-0.2, 0) is 6.54 Å². The monoisotopic (exact) mass is 367 g/mol. The van der Waals surface area contributed by atoms with Crippen LogP contribution < -0.4 is 21.5 Å². The van der Waals surface area contributed by atoms with Crippen molar-refractivity contribution in [1.29, 1.82) is 0 Å². The number of pyridine rings is 1. The third-order valence-electron chi connectivity index (χ3n) is 3.97. The topological polar surface area (TPSA) is 142 Å². The molecule has 0 fully saturated rings. The molecule has 138 valence electrons. The fourth-order valence-corrected chi connectivity index (χ4v) is 2.60. The van der Waals surface area contributed by atoms with Crippen LogP contribution in [0.3, 0.4) is 0 Å². The smallest absolute Gasteiger partial charge is 0.272 e. The predicted molar refractivity (Wildman–Crippen MR) is 96.4 cm³/mol. The van der Waals surface area contributed by atoms with E-state index in [2.05, 4.69) is 10.3 Å². The number of carbonyl (C=O) groups is 3. The van der Waals surface area contributed by atoms with Gasteiger partial charge in [-0.15, -0.1) is 0 Å². The molecule has 0 bridgehead atoms. The summed E-state index contributed by atoms with van der Waals surface area (Å²) in [4.78, 5) is 39.3. The number of nitrogens with two attached hydrogens (primary N) is 2. The largest absolute Gasteiger partial charge is 0.494 e. The van der Waals surface area contributed by atoms with E-state index in [-0.39, 0.29) is 17.9 Å². The maximum atomic E-state index is 12.7. The van der Waals surface area contributed by atoms with Gasteiger partial charge in [-0.3, -0.25) is 18.8 Å². The normalized spacial score (nSPS) is 10.6. The number of hydrogen-bond acceptors (Lipinski definition) is 5. The van der Waals surface area contributed by atoms with Crippen molar-refractivity contribution in [2.75, 3.05) is 7.11 Å². The predicted octanol–water partition coefficient (Wildman–Crippen LogP) is 0.471. The molecule has 0 unspecified atom stereocenters. The highest BCUT2D eigenvalue weighted by molar-refractivity contribution is 5.97. The Morgan fingerprint density at radius 2 is 1.78 bits per heavy atom. The average Bonchev–Trinajstić information content (AvgIpc) is 3.10. The number of nitrogens with one attached hydrogen (secondary N) is 1. The minimum atomic E-state index is -0.696. The van der Waals surface area contributed by atoms with E-state index < -0.39 is 17.7 Å². The molecule has 0 atom stereocenters. The van der Waals surface area contributed by atoms with Crippen LogP contribution in [-0.4, -0.2) is 34.2 Å². The van der Waals surface area contributed by atoms with Crippen LogP contribution >= 0.6 is 0 Å². The van der Waals surface area contributed by atoms with Crippen LogP contribution in [0.2, 0.25) is 0 Å². The Labute approximate surface area is 153 Å². The minimum Gasteiger partial charge on any atom is -0.494 e. The van der Waals surface area contributed by atoms with Gasteiger partial charge in [-0.2, -0.15) is 0 Å². The minimum absolute atomic E-state index is 0.0411. The molecular formula is C18H17N5O4. The number of fused-ring (bicyclic) bond motifs is 1. The second-order valence-electron chi connectivity index (χ2n) is 5.71. The molecule has 3 rings (SSSR count). The lowest BCUT2D eigenvalue weighted by molar-refractivity contribution is 0.0938. The van der Waals surface area contributed by atoms with Gasteiger partial charge in [-0.1, -0.05) is 12.1 Å². The van der Waals surface area contributed by atoms with Gasteiger partial charge in [0.1, 0.15) is 17.1 Å². The number of benzene rings is 1. The summed E-state index contributed by atoms with van der Waals surface area (Å²) in [6, 6.07) is 9.76. The average molecular weight is 367 g/mol. The quantitative estimate of drug-likeness (QED) is 0.580. The number of nitrogens with zero attached hydrogens (tertiary/aromatic N) is 2. The summed E-state index contributed by atoms with van der Waals surface area (Å²) in [5.41, 5.74) is 12.2. The van der Waals surface area contributed by atoms with E-state index in [9.17, 15) is 14.4 Å². The second kappa shape index (κ2) is 7.16. The third kappa shape index (κ3) is 3.56. The zero-order valence-corrected chi connectivity index (χ0v) is 14.4. The highest BCUT2D eigenvalue weighted by Crippen LogP contribution is 2.21. The zero-order chi connectivity index (χ0) is 19.6. The molecule has 9 nitrogen and oxygen atoms in total. The van der Waals surface area contributed by atoms with E-state index in [1.807, 2.05) is 0 Å². The van der Waals surface area contributed by atoms with Gasteiger partial charge in [0.25, 0.3) is 11.8 Å². The van der Waals surface area contributed by atoms with Crippen molar-refractivity contribution in [2.24, 2.45) is 11.5 Å². The molecule has 5 N–H and O–H groups in total. The van der Waals surface area contributed by atoms with Gasteiger partial charge in [-0.25, -0.2) is 4.98 Å². The molecule has 3 amide bonds. The van der Waals surface area contributed by atoms with E-state index in [4.69, 9.17) is 16.2 Å². The number of rotatable bonds is 6. The lowest BCUT2D eigenvalue weighted by atomic mass is 10.1. The van der Waals surface area contributed by atoms with Crippen molar-refractivity contribution in [3.05, 3.63) is 65.1 Å². The Bertz CT molecular complexity index is 1040. The number of ether oxygens (including phenoxy) is 1. The van der Waals surface area contributed by atoms with Gasteiger partial charge in [0.15, 0.2) is 5.69 Å². The van der Waals surface area contributed by atoms with Crippen LogP contribution in [0.4, 0.5) is 0 Å². The molecule has 0 spiro atoms. The first-order valence-corrected chi connectivity index (χ1v) is 7.93. The van der Waals surface area contributed by atoms with Gasteiger partial charge in [0.05, 0.1) is 7.11 Å². The Kier molecular flexibility index (Phi) is 4.75. The van der Waals surface area contributed by atoms with E-state index in [0.717, 1.165) is 5.56 Å². The molecule has 27 heavy (non-hydrogen) atoms. The lowest BCUT2D eigenvalue weighted by Gasteiger charge is -2.11. The molecule has 0 aliphatic heterocycles. The van der Waals surface area contributed by atoms with E-state index >= 15 is 0 Å². The molecule has 1 aromatic carbocycles. The summed E-state index contributed by atoms with van der Waals surface area (Å²) < 4.78 is 6.71. The number of hydrogen-bond donors (Lipinski definition) is 3. The molecule has 0 saturated heterocycles. The Balaban J connectivity index is 1.87. The fourth-order valence-electron chi connectivity index (χ4n) is 2.60. The number of carbonyl (C=O) groups excluding carboxylic acids is 3. The summed E-state index contributed by atoms with van der Waals surface area (Å²) in [7, 11) is 1.44. The van der Waals surface area contributed by atoms with Gasteiger partial charge < -0.3 is 21.5 Å². The highest BCUT2D eigenvalue weighted by Gasteiger charge is 2.19. The first-order valence-electron chi connectivity index (χ1n) is 7.93. The molecule has 0 saturated carbocycles. The Morgan fingerprint density at radius 1 is 1.07 bits per heavy atom. The summed E-state index contributed by atoms with van der Waals surface area (Å²) >= 11 is 0. The van der Waals surface area contributed by atoms with Crippen molar-refractivity contribution in [3.63, 3.8) is 0 Å². The summed E-state index contributed by atoms with van der Waals surface area (Å²) in [6.45, 7) is 0.217. The molecule has 0 radical (unpaired) electrons. The summed E-state index contributed by atoms with van der Waals surface area (Å²) in [5.74, 6) is -1.33. The first-order chi connectivity index (χ1) is 12.9. The first kappa shape index (κ1) is 17.9. The Hall–Kier alpha value is -3.88. The molecule has 0 aliphatic carbocycles. The van der Waals surface area contributed by atoms with Crippen LogP contribution in [0.15, 0.2) is 42.6 Å². The van der Waals surface area contributed by atoms with E-state index in [0.29, 0.717) is 17.0 Å². The number of amides is 3. The summed E-state index contributed by atoms with van der Waals surface area (Å²) in [6.07, 6.45) is 1.39. The van der Waals surface area contributed by atoms with Gasteiger partial charge in [-0.05, 0) is 29.8 Å². The van der Waals surface area contributed by atoms with Crippen LogP contribution in [0.1, 0.15) is 36.9 Å². The van der Waals surface area contributed by atoms with Crippen LogP contribution in [0.5, 0.6) is 5.75 Å². The number of methoxy groups -OCH3 is 1. The molecule has 0 aliphatic rings. The number of imidazole rings is 1. The molecule has 3 aromatic rings. The standard InChI is InChI=1S/C18H17N5O4/c1-27-13-6-7-14-22-12(17(20)25)9-23(14)15(13)18(26)21-8-10-2-4-11(5-3-10)16(19)24/h2-7,9H,8H2,1H3,(H2,19,24)(H2,20,25)(H,21,26). The molecule has 9 heteroatoms. The second-order valence-corrected chi connectivity index (χ2v) is 5.71. The molecule has 2 aromatic heterocycles. The van der Waals surface area contributed by atoms with Crippen LogP contribution in [0, 0.1) is 0 Å². The van der Waals surface area contributed by atoms with Gasteiger partial charge in [0.2, 0.25) is 5.91 Å². The fraction of sp³-hybridized carbons (Fsp3) is 0.111. The van der Waals surface area contributed by atoms with Crippen LogP contribution in [0.25, 0.3) is 5.65 Å². The molecular weight excluding hydrogens is 350 g/mol. The maximum Gasteiger partial charge on any atom is 0.272 e. The maximum absolute atomic E-state index is 12.7. The number of aromatic nitrogens is 2. The summed E-state index contributed by atoms with van der Waals surface area (Å²) in [5, 5.41) is 2.77. The molecule has 2 heterocycles. The van der Waals surface area contributed by atoms with Crippen molar-refractivity contribution in [3.8, 4) is 5.75 Å². The van der Waals surface area contributed by atoms with Crippen molar-refractivity contribution < 1.29 is 19.1 Å². The lowest BCUT2D eigenvalue weighted by Crippen LogP contribution is -2.25. The zero-order valence-electron chi connectivity index (χ0n) is 14.4. The third-order valence-corrected chi connectivity index (χ3v) is 3.97. The van der Waals surface area contributed by atoms with E-state index in [1.165, 1.54) is 17.7 Å². The van der Waals surface area contributed by atoms with Crippen molar-refractivity contribution >= 4 is 23.4 Å². The Morgan fingerprint density at radius 3 is 2.37 bits per heavy atom. The number of primary amides is 2.